The van der Waals surface area contributed by atoms with Crippen LogP contribution >= 0.6 is 0 Å². The number of nitrogens with zero attached hydrogens (tertiary/aromatic N) is 2. The molecule has 0 aliphatic carbocycles. The lowest BCUT2D eigenvalue weighted by Crippen LogP contribution is -2.62. The van der Waals surface area contributed by atoms with Crippen LogP contribution in [-0.4, -0.2) is 69.6 Å². The number of hydrogen-bond acceptors (Lipinski definition) is 8. The van der Waals surface area contributed by atoms with Gasteiger partial charge in [-0.3, -0.25) is 19.3 Å². The minimum atomic E-state index is -0.231. The summed E-state index contributed by atoms with van der Waals surface area (Å²) in [5.74, 6) is -0.381. The molecule has 2 aliphatic rings. The highest BCUT2D eigenvalue weighted by atomic mass is 16.7. The Morgan fingerprint density at radius 2 is 0.875 bits per heavy atom. The maximum Gasteiger partial charge on any atom is 0.306 e. The Bertz CT molecular complexity index is 707. The van der Waals surface area contributed by atoms with E-state index >= 15 is 0 Å². The van der Waals surface area contributed by atoms with Crippen molar-refractivity contribution in [3.05, 3.63) is 0 Å². The lowest BCUT2D eigenvalue weighted by Gasteiger charge is -2.53. The standard InChI is InChI=1S/C32H60N2O6/c1-11-13-19-37-33-29(3,4)21-25(22-30(33,5)6)39-27(35)17-15-16-18-28(36)40-26-23-31(7,8)34(32(9,10)24-26)38-20-14-12-2/h25-26H,11-24H2,1-10H3. The molecule has 0 saturated carbocycles. The van der Waals surface area contributed by atoms with Gasteiger partial charge in [0.2, 0.25) is 0 Å². The fourth-order valence-electron chi connectivity index (χ4n) is 6.84. The third-order valence-electron chi connectivity index (χ3n) is 8.15. The Balaban J connectivity index is 1.74. The van der Waals surface area contributed by atoms with Crippen molar-refractivity contribution in [2.24, 2.45) is 0 Å². The number of esters is 2. The van der Waals surface area contributed by atoms with Gasteiger partial charge >= 0.3 is 11.9 Å². The SMILES string of the molecule is CCCCON1C(C)(C)CC(OC(=O)CCCCC(=O)OC2CC(C)(C)N(OCCCC)C(C)(C)C2)CC1(C)C. The van der Waals surface area contributed by atoms with Crippen molar-refractivity contribution in [1.29, 1.82) is 0 Å². The second-order valence-electron chi connectivity index (χ2n) is 14.5. The summed E-state index contributed by atoms with van der Waals surface area (Å²) >= 11 is 0. The Kier molecular flexibility index (Phi) is 12.9. The highest BCUT2D eigenvalue weighted by Gasteiger charge is 2.49. The Morgan fingerprint density at radius 3 is 1.15 bits per heavy atom. The van der Waals surface area contributed by atoms with Gasteiger partial charge in [-0.1, -0.05) is 26.7 Å². The molecule has 0 atom stereocenters. The smallest absolute Gasteiger partial charge is 0.306 e. The largest absolute Gasteiger partial charge is 0.462 e. The highest BCUT2D eigenvalue weighted by molar-refractivity contribution is 5.71. The molecule has 0 bridgehead atoms. The van der Waals surface area contributed by atoms with E-state index in [1.165, 1.54) is 0 Å². The molecule has 0 N–H and O–H groups in total. The number of hydroxylamine groups is 4. The van der Waals surface area contributed by atoms with E-state index in [2.05, 4.69) is 79.4 Å². The predicted octanol–water partition coefficient (Wildman–Crippen LogP) is 7.14. The molecule has 8 nitrogen and oxygen atoms in total. The number of carbonyl (C=O) groups is 2. The van der Waals surface area contributed by atoms with Gasteiger partial charge in [-0.2, -0.15) is 10.1 Å². The van der Waals surface area contributed by atoms with Gasteiger partial charge in [0.25, 0.3) is 0 Å². The fraction of sp³-hybridized carbons (Fsp3) is 0.938. The normalized spacial score (nSPS) is 23.1. The van der Waals surface area contributed by atoms with Crippen LogP contribution < -0.4 is 0 Å². The van der Waals surface area contributed by atoms with Gasteiger partial charge in [-0.05, 0) is 81.1 Å². The van der Waals surface area contributed by atoms with Gasteiger partial charge in [0, 0.05) is 60.7 Å². The van der Waals surface area contributed by atoms with Crippen LogP contribution in [0.2, 0.25) is 0 Å². The molecule has 234 valence electrons. The molecule has 2 saturated heterocycles. The number of ether oxygens (including phenoxy) is 2. The van der Waals surface area contributed by atoms with Gasteiger partial charge in [0.05, 0.1) is 13.2 Å². The molecular formula is C32H60N2O6. The summed E-state index contributed by atoms with van der Waals surface area (Å²) in [4.78, 5) is 37.6. The van der Waals surface area contributed by atoms with Crippen LogP contribution in [0.25, 0.3) is 0 Å². The van der Waals surface area contributed by atoms with E-state index < -0.39 is 0 Å². The van der Waals surface area contributed by atoms with E-state index in [0.717, 1.165) is 51.4 Å². The first-order valence-corrected chi connectivity index (χ1v) is 15.8. The van der Waals surface area contributed by atoms with Crippen molar-refractivity contribution >= 4 is 11.9 Å². The van der Waals surface area contributed by atoms with Crippen LogP contribution in [-0.2, 0) is 28.7 Å². The molecule has 2 aliphatic heterocycles. The van der Waals surface area contributed by atoms with E-state index in [1.807, 2.05) is 0 Å². The van der Waals surface area contributed by atoms with Gasteiger partial charge in [0.15, 0.2) is 0 Å². The van der Waals surface area contributed by atoms with Crippen molar-refractivity contribution in [2.45, 2.75) is 181 Å². The maximum absolute atomic E-state index is 12.7. The molecule has 2 heterocycles. The first-order valence-electron chi connectivity index (χ1n) is 15.8. The van der Waals surface area contributed by atoms with Gasteiger partial charge in [-0.15, -0.1) is 0 Å². The number of piperidine rings is 2. The van der Waals surface area contributed by atoms with Crippen LogP contribution in [0.3, 0.4) is 0 Å². The molecule has 40 heavy (non-hydrogen) atoms. The Hall–Kier alpha value is -1.22. The molecule has 0 aromatic rings. The number of unbranched alkanes of at least 4 members (excludes halogenated alkanes) is 3. The van der Waals surface area contributed by atoms with Crippen molar-refractivity contribution in [2.75, 3.05) is 13.2 Å². The molecule has 0 amide bonds. The van der Waals surface area contributed by atoms with Crippen molar-refractivity contribution < 1.29 is 28.7 Å². The minimum absolute atomic E-state index is 0.142. The molecule has 0 aromatic carbocycles. The molecule has 0 unspecified atom stereocenters. The third kappa shape index (κ3) is 10.2. The lowest BCUT2D eigenvalue weighted by molar-refractivity contribution is -0.293. The monoisotopic (exact) mass is 568 g/mol. The zero-order chi connectivity index (χ0) is 30.2. The molecule has 2 rings (SSSR count). The van der Waals surface area contributed by atoms with Crippen LogP contribution in [0.15, 0.2) is 0 Å². The van der Waals surface area contributed by atoms with Crippen LogP contribution in [0.4, 0.5) is 0 Å². The Morgan fingerprint density at radius 1 is 0.575 bits per heavy atom. The predicted molar refractivity (Wildman–Crippen MR) is 158 cm³/mol. The fourth-order valence-corrected chi connectivity index (χ4v) is 6.84. The van der Waals surface area contributed by atoms with E-state index in [0.29, 0.717) is 38.9 Å². The summed E-state index contributed by atoms with van der Waals surface area (Å²) in [6.07, 6.45) is 8.74. The summed E-state index contributed by atoms with van der Waals surface area (Å²) in [6, 6.07) is 0. The van der Waals surface area contributed by atoms with Crippen molar-refractivity contribution in [3.8, 4) is 0 Å². The third-order valence-corrected chi connectivity index (χ3v) is 8.15. The van der Waals surface area contributed by atoms with E-state index in [-0.39, 0.29) is 46.3 Å². The van der Waals surface area contributed by atoms with E-state index in [9.17, 15) is 9.59 Å². The summed E-state index contributed by atoms with van der Waals surface area (Å²) in [7, 11) is 0. The molecule has 0 aromatic heterocycles. The van der Waals surface area contributed by atoms with E-state index in [1.54, 1.807) is 0 Å². The molecule has 8 heteroatoms. The van der Waals surface area contributed by atoms with Crippen LogP contribution in [0, 0.1) is 0 Å². The van der Waals surface area contributed by atoms with Gasteiger partial charge < -0.3 is 9.47 Å². The van der Waals surface area contributed by atoms with Crippen molar-refractivity contribution in [3.63, 3.8) is 0 Å². The maximum atomic E-state index is 12.7. The molecule has 0 radical (unpaired) electrons. The summed E-state index contributed by atoms with van der Waals surface area (Å²) in [6.45, 7) is 22.9. The number of carbonyl (C=O) groups excluding carboxylic acids is 2. The molecule has 0 spiro atoms. The van der Waals surface area contributed by atoms with E-state index in [4.69, 9.17) is 19.1 Å². The average Bonchev–Trinajstić information content (AvgIpc) is 2.79. The van der Waals surface area contributed by atoms with Gasteiger partial charge in [0.1, 0.15) is 12.2 Å². The van der Waals surface area contributed by atoms with Crippen molar-refractivity contribution in [1.82, 2.24) is 10.1 Å². The highest BCUT2D eigenvalue weighted by Crippen LogP contribution is 2.41. The first kappa shape index (κ1) is 35.0. The minimum Gasteiger partial charge on any atom is -0.462 e. The average molecular weight is 569 g/mol. The zero-order valence-corrected chi connectivity index (χ0v) is 27.4. The number of rotatable bonds is 15. The zero-order valence-electron chi connectivity index (χ0n) is 27.4. The lowest BCUT2D eigenvalue weighted by atomic mass is 9.80. The first-order chi connectivity index (χ1) is 18.5. The quantitative estimate of drug-likeness (QED) is 0.152. The Labute approximate surface area is 244 Å². The van der Waals surface area contributed by atoms with Crippen LogP contribution in [0.5, 0.6) is 0 Å². The van der Waals surface area contributed by atoms with Crippen LogP contribution in [0.1, 0.15) is 146 Å². The second-order valence-corrected chi connectivity index (χ2v) is 14.5. The van der Waals surface area contributed by atoms with Gasteiger partial charge in [-0.25, -0.2) is 0 Å². The topological polar surface area (TPSA) is 77.5 Å². The molecule has 2 fully saturated rings. The summed E-state index contributed by atoms with van der Waals surface area (Å²) in [5, 5.41) is 4.22. The molecular weight excluding hydrogens is 508 g/mol. The number of hydrogen-bond donors (Lipinski definition) is 0. The summed E-state index contributed by atoms with van der Waals surface area (Å²) < 4.78 is 11.8. The second kappa shape index (κ2) is 14.8. The summed E-state index contributed by atoms with van der Waals surface area (Å²) in [5.41, 5.74) is -0.924.